The van der Waals surface area contributed by atoms with Gasteiger partial charge in [-0.3, -0.25) is 9.59 Å². The third-order valence-electron chi connectivity index (χ3n) is 4.38. The standard InChI is InChI=1S/C20H13NO5S/c1-25-20(24)19-14(3-2-12(9-23)21-19)15-7-17-16(6-11(15)8-22)13-4-5-27-18(13)10-26-17/h2-9H,10H2,1H3. The van der Waals surface area contributed by atoms with E-state index in [1.807, 2.05) is 11.4 Å². The summed E-state index contributed by atoms with van der Waals surface area (Å²) < 4.78 is 10.6. The van der Waals surface area contributed by atoms with Crippen molar-refractivity contribution >= 4 is 29.9 Å². The molecule has 0 fully saturated rings. The van der Waals surface area contributed by atoms with Crippen molar-refractivity contribution in [2.45, 2.75) is 6.61 Å². The molecule has 0 N–H and O–H groups in total. The molecule has 7 heteroatoms. The van der Waals surface area contributed by atoms with E-state index in [9.17, 15) is 14.4 Å². The summed E-state index contributed by atoms with van der Waals surface area (Å²) in [5.74, 6) is -0.0684. The van der Waals surface area contributed by atoms with E-state index in [0.29, 0.717) is 35.3 Å². The molecule has 0 amide bonds. The van der Waals surface area contributed by atoms with Crippen LogP contribution in [0.1, 0.15) is 36.2 Å². The molecule has 2 aromatic heterocycles. The van der Waals surface area contributed by atoms with Crippen LogP contribution in [0.5, 0.6) is 5.75 Å². The first-order valence-electron chi connectivity index (χ1n) is 8.04. The van der Waals surface area contributed by atoms with Crippen LogP contribution in [-0.2, 0) is 11.3 Å². The van der Waals surface area contributed by atoms with Gasteiger partial charge in [0, 0.05) is 27.1 Å². The SMILES string of the molecule is COC(=O)c1nc(C=O)ccc1-c1cc2c(cc1C=O)-c1ccsc1CO2. The van der Waals surface area contributed by atoms with Crippen LogP contribution in [0, 0.1) is 0 Å². The van der Waals surface area contributed by atoms with Crippen molar-refractivity contribution in [3.05, 3.63) is 57.5 Å². The van der Waals surface area contributed by atoms with Gasteiger partial charge in [-0.25, -0.2) is 9.78 Å². The first-order valence-corrected chi connectivity index (χ1v) is 8.92. The molecule has 0 bridgehead atoms. The summed E-state index contributed by atoms with van der Waals surface area (Å²) in [7, 11) is 1.23. The topological polar surface area (TPSA) is 82.6 Å². The van der Waals surface area contributed by atoms with Gasteiger partial charge in [0.1, 0.15) is 18.1 Å². The third kappa shape index (κ3) is 2.82. The number of aromatic nitrogens is 1. The molecule has 0 unspecified atom stereocenters. The van der Waals surface area contributed by atoms with Crippen molar-refractivity contribution in [3.63, 3.8) is 0 Å². The van der Waals surface area contributed by atoms with Gasteiger partial charge in [0.15, 0.2) is 18.3 Å². The Kier molecular flexibility index (Phi) is 4.29. The lowest BCUT2D eigenvalue weighted by Gasteiger charge is -2.20. The molecule has 0 radical (unpaired) electrons. The lowest BCUT2D eigenvalue weighted by Crippen LogP contribution is -2.10. The van der Waals surface area contributed by atoms with Gasteiger partial charge in [-0.15, -0.1) is 11.3 Å². The fraction of sp³-hybridized carbons (Fsp3) is 0.100. The molecular formula is C20H13NO5S. The average molecular weight is 379 g/mol. The van der Waals surface area contributed by atoms with E-state index in [4.69, 9.17) is 9.47 Å². The predicted molar refractivity (Wildman–Crippen MR) is 99.4 cm³/mol. The van der Waals surface area contributed by atoms with Gasteiger partial charge in [0.25, 0.3) is 0 Å². The molecule has 0 aliphatic carbocycles. The van der Waals surface area contributed by atoms with Crippen LogP contribution in [0.3, 0.4) is 0 Å². The van der Waals surface area contributed by atoms with Crippen molar-refractivity contribution in [1.29, 1.82) is 0 Å². The van der Waals surface area contributed by atoms with Crippen molar-refractivity contribution in [3.8, 4) is 28.0 Å². The number of rotatable bonds is 4. The number of hydrogen-bond acceptors (Lipinski definition) is 7. The lowest BCUT2D eigenvalue weighted by molar-refractivity contribution is 0.0594. The molecular weight excluding hydrogens is 366 g/mol. The summed E-state index contributed by atoms with van der Waals surface area (Å²) in [5.41, 5.74) is 3.23. The molecule has 3 aromatic rings. The highest BCUT2D eigenvalue weighted by Gasteiger charge is 2.24. The first-order chi connectivity index (χ1) is 13.2. The second-order valence-electron chi connectivity index (χ2n) is 5.84. The van der Waals surface area contributed by atoms with Crippen molar-refractivity contribution in [1.82, 2.24) is 4.98 Å². The Morgan fingerprint density at radius 1 is 1.11 bits per heavy atom. The van der Waals surface area contributed by atoms with E-state index in [1.54, 1.807) is 29.5 Å². The minimum absolute atomic E-state index is 0.0304. The van der Waals surface area contributed by atoms with Gasteiger partial charge in [-0.1, -0.05) is 0 Å². The van der Waals surface area contributed by atoms with Gasteiger partial charge in [-0.05, 0) is 41.3 Å². The number of hydrogen-bond donors (Lipinski definition) is 0. The summed E-state index contributed by atoms with van der Waals surface area (Å²) in [6, 6.07) is 8.54. The van der Waals surface area contributed by atoms with Crippen LogP contribution in [0.15, 0.2) is 35.7 Å². The molecule has 3 heterocycles. The number of esters is 1. The lowest BCUT2D eigenvalue weighted by atomic mass is 9.93. The minimum atomic E-state index is -0.690. The molecule has 0 atom stereocenters. The molecule has 0 saturated heterocycles. The Balaban J connectivity index is 1.95. The molecule has 0 saturated carbocycles. The van der Waals surface area contributed by atoms with Crippen LogP contribution in [0.2, 0.25) is 0 Å². The number of nitrogens with zero attached hydrogens (tertiary/aromatic N) is 1. The smallest absolute Gasteiger partial charge is 0.357 e. The minimum Gasteiger partial charge on any atom is -0.487 e. The molecule has 1 aromatic carbocycles. The molecule has 27 heavy (non-hydrogen) atoms. The van der Waals surface area contributed by atoms with E-state index in [0.717, 1.165) is 22.3 Å². The van der Waals surface area contributed by atoms with Crippen LogP contribution < -0.4 is 4.74 Å². The van der Waals surface area contributed by atoms with Crippen LogP contribution in [0.4, 0.5) is 0 Å². The molecule has 0 spiro atoms. The first kappa shape index (κ1) is 17.1. The maximum absolute atomic E-state index is 12.2. The van der Waals surface area contributed by atoms with Crippen LogP contribution in [-0.4, -0.2) is 30.6 Å². The zero-order chi connectivity index (χ0) is 19.0. The van der Waals surface area contributed by atoms with Gasteiger partial charge < -0.3 is 9.47 Å². The van der Waals surface area contributed by atoms with Gasteiger partial charge in [0.2, 0.25) is 0 Å². The van der Waals surface area contributed by atoms with E-state index in [2.05, 4.69) is 4.98 Å². The van der Waals surface area contributed by atoms with Crippen molar-refractivity contribution in [2.75, 3.05) is 7.11 Å². The number of aldehydes is 2. The summed E-state index contributed by atoms with van der Waals surface area (Å²) in [6.07, 6.45) is 1.27. The number of thiophene rings is 1. The molecule has 1 aliphatic rings. The number of ether oxygens (including phenoxy) is 2. The number of methoxy groups -OCH3 is 1. The third-order valence-corrected chi connectivity index (χ3v) is 5.27. The largest absolute Gasteiger partial charge is 0.487 e. The van der Waals surface area contributed by atoms with Gasteiger partial charge >= 0.3 is 5.97 Å². The highest BCUT2D eigenvalue weighted by atomic mass is 32.1. The van der Waals surface area contributed by atoms with E-state index < -0.39 is 5.97 Å². The van der Waals surface area contributed by atoms with Gasteiger partial charge in [0.05, 0.1) is 7.11 Å². The second kappa shape index (κ2) is 6.77. The number of fused-ring (bicyclic) bond motifs is 3. The molecule has 1 aliphatic heterocycles. The van der Waals surface area contributed by atoms with E-state index in [-0.39, 0.29) is 11.4 Å². The quantitative estimate of drug-likeness (QED) is 0.507. The molecule has 134 valence electrons. The molecule has 6 nitrogen and oxygen atoms in total. The van der Waals surface area contributed by atoms with Gasteiger partial charge in [-0.2, -0.15) is 0 Å². The summed E-state index contributed by atoms with van der Waals surface area (Å²) >= 11 is 1.60. The summed E-state index contributed by atoms with van der Waals surface area (Å²) in [6.45, 7) is 0.450. The molecule has 4 rings (SSSR count). The van der Waals surface area contributed by atoms with Crippen LogP contribution in [0.25, 0.3) is 22.3 Å². The maximum atomic E-state index is 12.2. The Morgan fingerprint density at radius 3 is 2.70 bits per heavy atom. The van der Waals surface area contributed by atoms with E-state index >= 15 is 0 Å². The Bertz CT molecular complexity index is 1090. The Hall–Kier alpha value is -3.32. The maximum Gasteiger partial charge on any atom is 0.357 e. The number of carbonyl (C=O) groups excluding carboxylic acids is 3. The Morgan fingerprint density at radius 2 is 1.96 bits per heavy atom. The zero-order valence-corrected chi connectivity index (χ0v) is 15.0. The van der Waals surface area contributed by atoms with Crippen molar-refractivity contribution < 1.29 is 23.9 Å². The fourth-order valence-corrected chi connectivity index (χ4v) is 3.90. The Labute approximate surface area is 158 Å². The number of benzene rings is 1. The highest BCUT2D eigenvalue weighted by Crippen LogP contribution is 2.43. The number of carbonyl (C=O) groups is 3. The second-order valence-corrected chi connectivity index (χ2v) is 6.84. The highest BCUT2D eigenvalue weighted by molar-refractivity contribution is 7.10. The zero-order valence-electron chi connectivity index (χ0n) is 14.2. The summed E-state index contributed by atoms with van der Waals surface area (Å²) in [4.78, 5) is 40.1. The monoisotopic (exact) mass is 379 g/mol. The normalized spacial score (nSPS) is 11.7. The number of pyridine rings is 1. The average Bonchev–Trinajstić information content (AvgIpc) is 3.21. The van der Waals surface area contributed by atoms with E-state index in [1.165, 1.54) is 13.2 Å². The van der Waals surface area contributed by atoms with Crippen LogP contribution >= 0.6 is 11.3 Å². The summed E-state index contributed by atoms with van der Waals surface area (Å²) in [5, 5.41) is 1.98. The van der Waals surface area contributed by atoms with Crippen molar-refractivity contribution in [2.24, 2.45) is 0 Å². The fourth-order valence-electron chi connectivity index (χ4n) is 3.10. The predicted octanol–water partition coefficient (Wildman–Crippen LogP) is 3.78.